The maximum absolute atomic E-state index is 5.83. The van der Waals surface area contributed by atoms with Gasteiger partial charge in [0.05, 0.1) is 13.2 Å². The van der Waals surface area contributed by atoms with Crippen molar-refractivity contribution in [3.05, 3.63) is 23.8 Å². The fourth-order valence-corrected chi connectivity index (χ4v) is 1.72. The lowest BCUT2D eigenvalue weighted by atomic mass is 10.1. The summed E-state index contributed by atoms with van der Waals surface area (Å²) in [6.07, 6.45) is 0. The third-order valence-corrected chi connectivity index (χ3v) is 2.70. The van der Waals surface area contributed by atoms with E-state index in [0.29, 0.717) is 13.2 Å². The number of rotatable bonds is 7. The van der Waals surface area contributed by atoms with Gasteiger partial charge >= 0.3 is 0 Å². The molecule has 1 aromatic carbocycles. The smallest absolute Gasteiger partial charge is 0.0637 e. The lowest BCUT2D eigenvalue weighted by Gasteiger charge is -2.26. The lowest BCUT2D eigenvalue weighted by Crippen LogP contribution is -2.31. The van der Waals surface area contributed by atoms with Crippen molar-refractivity contribution in [1.29, 1.82) is 0 Å². The summed E-state index contributed by atoms with van der Waals surface area (Å²) in [7, 11) is 3.42. The van der Waals surface area contributed by atoms with Crippen molar-refractivity contribution < 1.29 is 9.47 Å². The van der Waals surface area contributed by atoms with Gasteiger partial charge in [-0.05, 0) is 24.6 Å². The van der Waals surface area contributed by atoms with Crippen molar-refractivity contribution in [2.75, 3.05) is 51.2 Å². The molecule has 4 heteroatoms. The summed E-state index contributed by atoms with van der Waals surface area (Å²) in [5, 5.41) is 0. The van der Waals surface area contributed by atoms with Gasteiger partial charge in [-0.15, -0.1) is 0 Å². The van der Waals surface area contributed by atoms with Gasteiger partial charge in [0.2, 0.25) is 0 Å². The number of aryl methyl sites for hydroxylation is 1. The minimum Gasteiger partial charge on any atom is -0.399 e. The van der Waals surface area contributed by atoms with Crippen molar-refractivity contribution in [1.82, 2.24) is 0 Å². The molecule has 0 fully saturated rings. The molecule has 0 radical (unpaired) electrons. The topological polar surface area (TPSA) is 47.7 Å². The van der Waals surface area contributed by atoms with Crippen molar-refractivity contribution >= 4 is 11.4 Å². The average Bonchev–Trinajstić information content (AvgIpc) is 2.33. The quantitative estimate of drug-likeness (QED) is 0.734. The minimum atomic E-state index is 0.692. The van der Waals surface area contributed by atoms with Gasteiger partial charge < -0.3 is 20.1 Å². The molecular formula is C13H22N2O2. The number of nitrogens with zero attached hydrogens (tertiary/aromatic N) is 1. The third-order valence-electron chi connectivity index (χ3n) is 2.70. The van der Waals surface area contributed by atoms with E-state index in [0.717, 1.165) is 24.5 Å². The van der Waals surface area contributed by atoms with Crippen molar-refractivity contribution in [3.63, 3.8) is 0 Å². The van der Waals surface area contributed by atoms with E-state index in [9.17, 15) is 0 Å². The second kappa shape index (κ2) is 7.14. The predicted molar refractivity (Wildman–Crippen MR) is 71.6 cm³/mol. The van der Waals surface area contributed by atoms with Crippen molar-refractivity contribution in [2.24, 2.45) is 0 Å². The van der Waals surface area contributed by atoms with Gasteiger partial charge in [-0.3, -0.25) is 0 Å². The van der Waals surface area contributed by atoms with Gasteiger partial charge in [-0.25, -0.2) is 0 Å². The first-order valence-electron chi connectivity index (χ1n) is 5.78. The number of nitrogens with two attached hydrogens (primary N) is 1. The molecule has 1 aromatic rings. The van der Waals surface area contributed by atoms with Crippen LogP contribution in [0.5, 0.6) is 0 Å². The van der Waals surface area contributed by atoms with Crippen LogP contribution in [0.15, 0.2) is 18.2 Å². The Hall–Kier alpha value is -1.26. The molecule has 0 saturated heterocycles. The second-order valence-corrected chi connectivity index (χ2v) is 4.02. The van der Waals surface area contributed by atoms with Crippen LogP contribution in [0.4, 0.5) is 11.4 Å². The number of hydrogen-bond donors (Lipinski definition) is 1. The molecule has 0 aliphatic carbocycles. The fourth-order valence-electron chi connectivity index (χ4n) is 1.72. The minimum absolute atomic E-state index is 0.692. The van der Waals surface area contributed by atoms with E-state index in [2.05, 4.69) is 11.8 Å². The normalized spacial score (nSPS) is 10.5. The predicted octanol–water partition coefficient (Wildman–Crippen LogP) is 1.68. The van der Waals surface area contributed by atoms with E-state index < -0.39 is 0 Å². The zero-order valence-corrected chi connectivity index (χ0v) is 10.9. The third kappa shape index (κ3) is 4.24. The summed E-state index contributed by atoms with van der Waals surface area (Å²) in [5.41, 5.74) is 8.98. The molecule has 96 valence electrons. The van der Waals surface area contributed by atoms with E-state index in [1.54, 1.807) is 14.2 Å². The second-order valence-electron chi connectivity index (χ2n) is 4.02. The van der Waals surface area contributed by atoms with Crippen LogP contribution in [-0.2, 0) is 9.47 Å². The standard InChI is InChI=1S/C13H22N2O2/c1-11-4-5-12(14)10-13(11)15(6-8-16-2)7-9-17-3/h4-5,10H,6-9,14H2,1-3H3. The monoisotopic (exact) mass is 238 g/mol. The Labute approximate surface area is 103 Å². The van der Waals surface area contributed by atoms with E-state index in [-0.39, 0.29) is 0 Å². The number of anilines is 2. The molecule has 1 rings (SSSR count). The molecule has 0 amide bonds. The van der Waals surface area contributed by atoms with Gasteiger partial charge in [0.25, 0.3) is 0 Å². The summed E-state index contributed by atoms with van der Waals surface area (Å²) in [5.74, 6) is 0. The van der Waals surface area contributed by atoms with E-state index in [4.69, 9.17) is 15.2 Å². The van der Waals surface area contributed by atoms with Gasteiger partial charge in [-0.2, -0.15) is 0 Å². The SMILES string of the molecule is COCCN(CCOC)c1cc(N)ccc1C. The van der Waals surface area contributed by atoms with Crippen LogP contribution in [0.1, 0.15) is 5.56 Å². The van der Waals surface area contributed by atoms with Crippen LogP contribution in [0.3, 0.4) is 0 Å². The molecule has 17 heavy (non-hydrogen) atoms. The highest BCUT2D eigenvalue weighted by atomic mass is 16.5. The summed E-state index contributed by atoms with van der Waals surface area (Å²) < 4.78 is 10.3. The molecule has 0 aliphatic heterocycles. The molecule has 2 N–H and O–H groups in total. The Morgan fingerprint density at radius 3 is 2.24 bits per heavy atom. The Kier molecular flexibility index (Phi) is 5.80. The van der Waals surface area contributed by atoms with Crippen molar-refractivity contribution in [3.8, 4) is 0 Å². The first-order chi connectivity index (χ1) is 8.19. The summed E-state index contributed by atoms with van der Waals surface area (Å²) in [6.45, 7) is 5.14. The van der Waals surface area contributed by atoms with Crippen LogP contribution in [0, 0.1) is 6.92 Å². The van der Waals surface area contributed by atoms with Crippen LogP contribution >= 0.6 is 0 Å². The van der Waals surface area contributed by atoms with E-state index in [1.165, 1.54) is 5.56 Å². The number of ether oxygens (including phenoxy) is 2. The summed E-state index contributed by atoms with van der Waals surface area (Å²) >= 11 is 0. The van der Waals surface area contributed by atoms with Crippen LogP contribution < -0.4 is 10.6 Å². The number of hydrogen-bond acceptors (Lipinski definition) is 4. The Morgan fingerprint density at radius 1 is 1.12 bits per heavy atom. The number of benzene rings is 1. The van der Waals surface area contributed by atoms with Crippen LogP contribution in [0.25, 0.3) is 0 Å². The molecule has 0 heterocycles. The molecule has 0 saturated carbocycles. The maximum atomic E-state index is 5.83. The zero-order chi connectivity index (χ0) is 12.7. The largest absolute Gasteiger partial charge is 0.399 e. The highest BCUT2D eigenvalue weighted by molar-refractivity contribution is 5.60. The van der Waals surface area contributed by atoms with Crippen LogP contribution in [0.2, 0.25) is 0 Å². The maximum Gasteiger partial charge on any atom is 0.0637 e. The Balaban J connectivity index is 2.82. The molecule has 0 aliphatic rings. The highest BCUT2D eigenvalue weighted by Crippen LogP contribution is 2.22. The summed E-state index contributed by atoms with van der Waals surface area (Å²) in [6, 6.07) is 5.96. The van der Waals surface area contributed by atoms with Gasteiger partial charge in [0.15, 0.2) is 0 Å². The molecule has 0 bridgehead atoms. The van der Waals surface area contributed by atoms with Gasteiger partial charge in [0.1, 0.15) is 0 Å². The Morgan fingerprint density at radius 2 is 1.71 bits per heavy atom. The molecule has 0 aromatic heterocycles. The number of methoxy groups -OCH3 is 2. The highest BCUT2D eigenvalue weighted by Gasteiger charge is 2.09. The van der Waals surface area contributed by atoms with Crippen molar-refractivity contribution in [2.45, 2.75) is 6.92 Å². The molecule has 0 unspecified atom stereocenters. The molecular weight excluding hydrogens is 216 g/mol. The first-order valence-corrected chi connectivity index (χ1v) is 5.78. The number of nitrogen functional groups attached to an aromatic ring is 1. The van der Waals surface area contributed by atoms with E-state index >= 15 is 0 Å². The molecule has 0 spiro atoms. The summed E-state index contributed by atoms with van der Waals surface area (Å²) in [4.78, 5) is 2.23. The molecule has 4 nitrogen and oxygen atoms in total. The first kappa shape index (κ1) is 13.8. The average molecular weight is 238 g/mol. The lowest BCUT2D eigenvalue weighted by molar-refractivity contribution is 0.190. The fraction of sp³-hybridized carbons (Fsp3) is 0.538. The van der Waals surface area contributed by atoms with Gasteiger partial charge in [-0.1, -0.05) is 6.07 Å². The van der Waals surface area contributed by atoms with Crippen LogP contribution in [-0.4, -0.2) is 40.5 Å². The molecule has 0 atom stereocenters. The van der Waals surface area contributed by atoms with Gasteiger partial charge in [0, 0.05) is 38.7 Å². The Bertz CT molecular complexity index is 334. The van der Waals surface area contributed by atoms with E-state index in [1.807, 2.05) is 18.2 Å². The zero-order valence-electron chi connectivity index (χ0n) is 10.9.